The van der Waals surface area contributed by atoms with Gasteiger partial charge in [-0.1, -0.05) is 19.9 Å². The largest absolute Gasteiger partial charge is 0.302 e. The zero-order valence-electron chi connectivity index (χ0n) is 24.3. The van der Waals surface area contributed by atoms with Crippen molar-refractivity contribution < 1.29 is 5.56 Å². The standard InChI is InChI=1S/C28H16I2N16/c1-9-5-31-13-15(35-9)23-39-21(13)41-27-20-18(34-8-12(4)38-20)26(46(27)30)44-24-16-14(32-6-10(2)36-16)22(40-24)42-28-19-17(25(43-23)45(28)29)33-7-11(3)37-19/h5-8H,1-4H3/p+2. The van der Waals surface area contributed by atoms with Gasteiger partial charge in [-0.2, -0.15) is 5.56 Å². The van der Waals surface area contributed by atoms with Crippen molar-refractivity contribution in [1.82, 2.24) is 69.8 Å². The van der Waals surface area contributed by atoms with Crippen molar-refractivity contribution in [2.75, 3.05) is 0 Å². The van der Waals surface area contributed by atoms with Crippen LogP contribution in [0.5, 0.6) is 0 Å². The van der Waals surface area contributed by atoms with Gasteiger partial charge in [0.1, 0.15) is 0 Å². The Kier molecular flexibility index (Phi) is 5.86. The molecule has 0 spiro atoms. The molecule has 0 radical (unpaired) electrons. The number of aryl methyl sites for hydroxylation is 4. The van der Waals surface area contributed by atoms with E-state index in [2.05, 4.69) is 55.7 Å². The fourth-order valence-corrected chi connectivity index (χ4v) is 6.74. The smallest absolute Gasteiger partial charge is 0.293 e. The van der Waals surface area contributed by atoms with E-state index in [0.29, 0.717) is 90.7 Å². The van der Waals surface area contributed by atoms with E-state index in [1.165, 1.54) is 0 Å². The van der Waals surface area contributed by atoms with Crippen LogP contribution in [0.1, 0.15) is 22.8 Å². The van der Waals surface area contributed by atoms with Crippen LogP contribution >= 0.6 is 45.7 Å². The fourth-order valence-electron chi connectivity index (χ4n) is 5.39. The summed E-state index contributed by atoms with van der Waals surface area (Å²) < 4.78 is 3.63. The van der Waals surface area contributed by atoms with Crippen LogP contribution in [-0.4, -0.2) is 69.8 Å². The molecular weight excluding hydrogens is 814 g/mol. The quantitative estimate of drug-likeness (QED) is 0.212. The Morgan fingerprint density at radius 3 is 1.15 bits per heavy atom. The van der Waals surface area contributed by atoms with Gasteiger partial charge in [-0.15, -0.1) is 0 Å². The predicted molar refractivity (Wildman–Crippen MR) is 181 cm³/mol. The van der Waals surface area contributed by atoms with Crippen LogP contribution in [-0.2, 0) is 0 Å². The normalized spacial score (nSPS) is 12.1. The Morgan fingerprint density at radius 1 is 0.413 bits per heavy atom. The summed E-state index contributed by atoms with van der Waals surface area (Å²) in [5.74, 6) is 2.07. The van der Waals surface area contributed by atoms with E-state index in [9.17, 15) is 0 Å². The molecule has 0 atom stereocenters. The second-order valence-corrected chi connectivity index (χ2v) is 12.7. The lowest BCUT2D eigenvalue weighted by atomic mass is 10.3. The molecule has 9 heterocycles. The van der Waals surface area contributed by atoms with Gasteiger partial charge in [0, 0.05) is 24.8 Å². The van der Waals surface area contributed by atoms with Crippen molar-refractivity contribution in [2.24, 2.45) is 0 Å². The molecule has 0 amide bonds. The molecule has 2 aliphatic rings. The van der Waals surface area contributed by atoms with Crippen LogP contribution in [0.3, 0.4) is 0 Å². The van der Waals surface area contributed by atoms with Gasteiger partial charge in [0.2, 0.25) is 22.6 Å². The second-order valence-electron chi connectivity index (χ2n) is 10.8. The summed E-state index contributed by atoms with van der Waals surface area (Å²) in [5.41, 5.74) is 9.25. The van der Waals surface area contributed by atoms with Crippen molar-refractivity contribution in [2.45, 2.75) is 27.7 Å². The lowest BCUT2D eigenvalue weighted by Crippen LogP contribution is -2.22. The Morgan fingerprint density at radius 2 is 0.739 bits per heavy atom. The first-order chi connectivity index (χ1) is 22.2. The van der Waals surface area contributed by atoms with Crippen LogP contribution in [0.4, 0.5) is 0 Å². The highest BCUT2D eigenvalue weighted by Crippen LogP contribution is 2.33. The Hall–Kier alpha value is -4.86. The molecule has 0 aromatic carbocycles. The van der Waals surface area contributed by atoms with E-state index in [1.54, 1.807) is 24.8 Å². The van der Waals surface area contributed by atoms with Gasteiger partial charge in [-0.25, -0.2) is 39.9 Å². The summed E-state index contributed by atoms with van der Waals surface area (Å²) in [6.45, 7) is 7.53. The third kappa shape index (κ3) is 4.01. The third-order valence-electron chi connectivity index (χ3n) is 7.40. The highest BCUT2D eigenvalue weighted by Gasteiger charge is 2.36. The molecular formula is C28H18I2N16+2. The molecule has 222 valence electrons. The number of hydrogen-bond donors (Lipinski definition) is 2. The van der Waals surface area contributed by atoms with Crippen molar-refractivity contribution in [3.8, 4) is 46.1 Å². The Labute approximate surface area is 285 Å². The monoisotopic (exact) mass is 832 g/mol. The number of halogens is 2. The zero-order chi connectivity index (χ0) is 31.4. The van der Waals surface area contributed by atoms with Crippen LogP contribution in [0.15, 0.2) is 24.8 Å². The Bertz CT molecular complexity index is 2500. The first-order valence-electron chi connectivity index (χ1n) is 13.9. The maximum absolute atomic E-state index is 5.05. The first kappa shape index (κ1) is 27.5. The minimum atomic E-state index is 0.456. The summed E-state index contributed by atoms with van der Waals surface area (Å²) in [5, 5.41) is 0. The van der Waals surface area contributed by atoms with Gasteiger partial charge in [-0.05, 0) is 27.7 Å². The molecule has 2 N–H and O–H groups in total. The fraction of sp³-hybridized carbons (Fsp3) is 0.143. The minimum Gasteiger partial charge on any atom is -0.293 e. The maximum atomic E-state index is 5.05. The average molecular weight is 832 g/mol. The summed E-state index contributed by atoms with van der Waals surface area (Å²) in [6, 6.07) is 0. The number of H-pyrrole nitrogens is 2. The molecule has 8 bridgehead atoms. The van der Waals surface area contributed by atoms with E-state index in [1.807, 2.05) is 33.3 Å². The highest BCUT2D eigenvalue weighted by molar-refractivity contribution is 14.1. The molecule has 46 heavy (non-hydrogen) atoms. The van der Waals surface area contributed by atoms with Gasteiger partial charge in [0.05, 0.1) is 22.8 Å². The number of nitrogens with one attached hydrogen (secondary N) is 2. The molecule has 0 saturated heterocycles. The van der Waals surface area contributed by atoms with Gasteiger partial charge in [-0.3, -0.25) is 9.97 Å². The molecule has 2 aliphatic heterocycles. The number of fused-ring (bicyclic) bond motifs is 20. The van der Waals surface area contributed by atoms with E-state index in [-0.39, 0.29) is 0 Å². The Balaban J connectivity index is 1.55. The molecule has 0 saturated carbocycles. The van der Waals surface area contributed by atoms with Crippen molar-refractivity contribution >= 4 is 90.4 Å². The molecule has 0 unspecified atom stereocenters. The van der Waals surface area contributed by atoms with Gasteiger partial charge in [0.25, 0.3) is 0 Å². The molecule has 18 heteroatoms. The van der Waals surface area contributed by atoms with Crippen LogP contribution in [0, 0.1) is 27.7 Å². The maximum Gasteiger partial charge on any atom is 0.302 e. The highest BCUT2D eigenvalue weighted by atomic mass is 127. The SMILES string of the molecule is Cc1cnc2c(n1)-c1nc3[nH]c(nc4[n+](I)c(nc5[nH]c(nc-2[n+]1I)c1nc(C)cnc51)-c1nc(C)cnc1-4)c1nc(C)cnc31. The lowest BCUT2D eigenvalue weighted by Gasteiger charge is -1.94. The summed E-state index contributed by atoms with van der Waals surface area (Å²) in [4.78, 5) is 65.0. The number of rotatable bonds is 0. The van der Waals surface area contributed by atoms with Gasteiger partial charge >= 0.3 is 23.3 Å². The number of nitrogens with zero attached hydrogens (tertiary/aromatic N) is 14. The van der Waals surface area contributed by atoms with Crippen LogP contribution in [0.2, 0.25) is 0 Å². The summed E-state index contributed by atoms with van der Waals surface area (Å²) in [6.07, 6.45) is 6.81. The molecule has 0 fully saturated rings. The molecule has 7 aromatic heterocycles. The van der Waals surface area contributed by atoms with Crippen molar-refractivity contribution in [3.05, 3.63) is 47.6 Å². The molecule has 9 rings (SSSR count). The second kappa shape index (κ2) is 9.82. The van der Waals surface area contributed by atoms with Gasteiger partial charge in [0.15, 0.2) is 90.6 Å². The number of hydrogen-bond acceptors (Lipinski definition) is 12. The van der Waals surface area contributed by atoms with E-state index < -0.39 is 0 Å². The number of aromatic nitrogens is 16. The topological polar surface area (TPSA) is 194 Å². The molecule has 7 aromatic rings. The summed E-state index contributed by atoms with van der Waals surface area (Å²) >= 11 is 4.32. The first-order valence-corrected chi connectivity index (χ1v) is 15.8. The van der Waals surface area contributed by atoms with Crippen molar-refractivity contribution in [3.63, 3.8) is 0 Å². The zero-order valence-corrected chi connectivity index (χ0v) is 28.6. The number of aromatic amines is 2. The van der Waals surface area contributed by atoms with E-state index in [4.69, 9.17) is 59.8 Å². The molecule has 0 aliphatic carbocycles. The van der Waals surface area contributed by atoms with Crippen LogP contribution < -0.4 is 5.56 Å². The molecule has 16 nitrogen and oxygen atoms in total. The summed E-state index contributed by atoms with van der Waals surface area (Å²) in [7, 11) is 0. The van der Waals surface area contributed by atoms with E-state index in [0.717, 1.165) is 22.8 Å². The van der Waals surface area contributed by atoms with E-state index >= 15 is 0 Å². The third-order valence-corrected chi connectivity index (χ3v) is 9.23. The average Bonchev–Trinajstić information content (AvgIpc) is 3.70. The van der Waals surface area contributed by atoms with Crippen molar-refractivity contribution in [1.29, 1.82) is 0 Å². The predicted octanol–water partition coefficient (Wildman–Crippen LogP) is 3.44. The van der Waals surface area contributed by atoms with Gasteiger partial charge < -0.3 is 0 Å². The van der Waals surface area contributed by atoms with Crippen LogP contribution in [0.25, 0.3) is 90.7 Å². The minimum absolute atomic E-state index is 0.456. The lowest BCUT2D eigenvalue weighted by molar-refractivity contribution is -0.416.